The lowest BCUT2D eigenvalue weighted by Crippen LogP contribution is -2.33. The van der Waals surface area contributed by atoms with Gasteiger partial charge in [-0.05, 0) is 57.3 Å². The molecule has 1 unspecified atom stereocenters. The van der Waals surface area contributed by atoms with Gasteiger partial charge in [-0.2, -0.15) is 0 Å². The maximum atomic E-state index is 3.48. The van der Waals surface area contributed by atoms with Crippen molar-refractivity contribution in [2.75, 3.05) is 20.1 Å². The van der Waals surface area contributed by atoms with E-state index in [0.29, 0.717) is 5.92 Å². The molecule has 2 nitrogen and oxygen atoms in total. The molecule has 0 amide bonds. The second-order valence-corrected chi connectivity index (χ2v) is 5.54. The van der Waals surface area contributed by atoms with E-state index < -0.39 is 0 Å². The second kappa shape index (κ2) is 5.19. The van der Waals surface area contributed by atoms with E-state index in [1.54, 1.807) is 0 Å². The molecule has 1 saturated heterocycles. The van der Waals surface area contributed by atoms with E-state index in [2.05, 4.69) is 48.7 Å². The summed E-state index contributed by atoms with van der Waals surface area (Å²) in [5.74, 6) is 0.704. The van der Waals surface area contributed by atoms with Crippen LogP contribution in [0.4, 0.5) is 0 Å². The quantitative estimate of drug-likeness (QED) is 0.837. The highest BCUT2D eigenvalue weighted by molar-refractivity contribution is 5.30. The van der Waals surface area contributed by atoms with Gasteiger partial charge >= 0.3 is 0 Å². The molecule has 0 spiro atoms. The monoisotopic (exact) mass is 232 g/mol. The molecule has 1 aromatic carbocycles. The Hall–Kier alpha value is -0.860. The molecule has 0 radical (unpaired) electrons. The molecular formula is C15H24N2. The zero-order chi connectivity index (χ0) is 12.3. The largest absolute Gasteiger partial charge is 0.316 e. The number of nitrogens with one attached hydrogen (secondary N) is 2. The topological polar surface area (TPSA) is 24.1 Å². The summed E-state index contributed by atoms with van der Waals surface area (Å²) < 4.78 is 0. The normalized spacial score (nSPS) is 21.5. The first-order valence-electron chi connectivity index (χ1n) is 6.63. The first-order chi connectivity index (χ1) is 8.13. The molecule has 0 bridgehead atoms. The minimum Gasteiger partial charge on any atom is -0.316 e. The highest BCUT2D eigenvalue weighted by Gasteiger charge is 2.19. The van der Waals surface area contributed by atoms with Gasteiger partial charge in [0, 0.05) is 12.1 Å². The molecule has 0 aliphatic carbocycles. The fraction of sp³-hybridized carbons (Fsp3) is 0.600. The van der Waals surface area contributed by atoms with Crippen LogP contribution in [0.5, 0.6) is 0 Å². The Balaban J connectivity index is 2.12. The third-order valence-electron chi connectivity index (χ3n) is 4.03. The van der Waals surface area contributed by atoms with Crippen LogP contribution in [0.3, 0.4) is 0 Å². The van der Waals surface area contributed by atoms with E-state index in [-0.39, 0.29) is 5.54 Å². The molecule has 1 aliphatic heterocycles. The van der Waals surface area contributed by atoms with E-state index in [1.807, 2.05) is 7.05 Å². The standard InChI is InChI=1S/C15H24N2/c1-15(2,16-3)14-8-6-12(7-9-14)13-5-4-10-17-11-13/h6-9,13,16-17H,4-5,10-11H2,1-3H3. The molecule has 17 heavy (non-hydrogen) atoms. The zero-order valence-corrected chi connectivity index (χ0v) is 11.2. The summed E-state index contributed by atoms with van der Waals surface area (Å²) in [5.41, 5.74) is 2.89. The van der Waals surface area contributed by atoms with Crippen molar-refractivity contribution >= 4 is 0 Å². The van der Waals surface area contributed by atoms with Gasteiger partial charge < -0.3 is 10.6 Å². The number of rotatable bonds is 3. The molecule has 1 atom stereocenters. The summed E-state index contributed by atoms with van der Waals surface area (Å²) in [4.78, 5) is 0. The summed E-state index contributed by atoms with van der Waals surface area (Å²) in [6, 6.07) is 9.12. The van der Waals surface area contributed by atoms with Gasteiger partial charge in [-0.1, -0.05) is 24.3 Å². The smallest absolute Gasteiger partial charge is 0.0374 e. The number of hydrogen-bond acceptors (Lipinski definition) is 2. The van der Waals surface area contributed by atoms with Crippen LogP contribution in [0.25, 0.3) is 0 Å². The Kier molecular flexibility index (Phi) is 3.85. The fourth-order valence-electron chi connectivity index (χ4n) is 2.45. The summed E-state index contributed by atoms with van der Waals surface area (Å²) in [5, 5.41) is 6.82. The average molecular weight is 232 g/mol. The van der Waals surface area contributed by atoms with Gasteiger partial charge in [0.25, 0.3) is 0 Å². The van der Waals surface area contributed by atoms with Crippen LogP contribution < -0.4 is 10.6 Å². The molecule has 0 aromatic heterocycles. The Labute approximate surface area is 105 Å². The Bertz CT molecular complexity index is 348. The minimum atomic E-state index is 0.0589. The van der Waals surface area contributed by atoms with Gasteiger partial charge in [-0.25, -0.2) is 0 Å². The summed E-state index contributed by atoms with van der Waals surface area (Å²) in [6.07, 6.45) is 2.62. The van der Waals surface area contributed by atoms with Gasteiger partial charge in [-0.3, -0.25) is 0 Å². The Morgan fingerprint density at radius 1 is 1.24 bits per heavy atom. The van der Waals surface area contributed by atoms with E-state index in [4.69, 9.17) is 0 Å². The highest BCUT2D eigenvalue weighted by atomic mass is 14.9. The lowest BCUT2D eigenvalue weighted by molar-refractivity contribution is 0.442. The SMILES string of the molecule is CNC(C)(C)c1ccc(C2CCCNC2)cc1. The van der Waals surface area contributed by atoms with Crippen LogP contribution >= 0.6 is 0 Å². The van der Waals surface area contributed by atoms with Gasteiger partial charge in [-0.15, -0.1) is 0 Å². The van der Waals surface area contributed by atoms with E-state index >= 15 is 0 Å². The van der Waals surface area contributed by atoms with Crippen LogP contribution in [-0.4, -0.2) is 20.1 Å². The molecular weight excluding hydrogens is 208 g/mol. The molecule has 2 N–H and O–H groups in total. The Morgan fingerprint density at radius 3 is 2.47 bits per heavy atom. The van der Waals surface area contributed by atoms with Crippen LogP contribution in [0, 0.1) is 0 Å². The van der Waals surface area contributed by atoms with Gasteiger partial charge in [0.2, 0.25) is 0 Å². The van der Waals surface area contributed by atoms with Gasteiger partial charge in [0.15, 0.2) is 0 Å². The lowest BCUT2D eigenvalue weighted by Gasteiger charge is -2.27. The van der Waals surface area contributed by atoms with E-state index in [1.165, 1.54) is 30.5 Å². The predicted molar refractivity (Wildman–Crippen MR) is 73.4 cm³/mol. The van der Waals surface area contributed by atoms with Crippen molar-refractivity contribution < 1.29 is 0 Å². The molecule has 94 valence electrons. The lowest BCUT2D eigenvalue weighted by atomic mass is 9.88. The number of hydrogen-bond donors (Lipinski definition) is 2. The Morgan fingerprint density at radius 2 is 1.94 bits per heavy atom. The van der Waals surface area contributed by atoms with Crippen LogP contribution in [0.15, 0.2) is 24.3 Å². The number of benzene rings is 1. The fourth-order valence-corrected chi connectivity index (χ4v) is 2.45. The summed E-state index contributed by atoms with van der Waals surface area (Å²) in [7, 11) is 2.01. The van der Waals surface area contributed by atoms with Crippen molar-refractivity contribution in [3.8, 4) is 0 Å². The molecule has 1 aromatic rings. The van der Waals surface area contributed by atoms with Gasteiger partial charge in [0.05, 0.1) is 0 Å². The molecule has 0 saturated carbocycles. The van der Waals surface area contributed by atoms with Crippen LogP contribution in [-0.2, 0) is 5.54 Å². The molecule has 1 aliphatic rings. The van der Waals surface area contributed by atoms with Crippen molar-refractivity contribution in [3.63, 3.8) is 0 Å². The first kappa shape index (κ1) is 12.6. The van der Waals surface area contributed by atoms with E-state index in [9.17, 15) is 0 Å². The third-order valence-corrected chi connectivity index (χ3v) is 4.03. The van der Waals surface area contributed by atoms with Gasteiger partial charge in [0.1, 0.15) is 0 Å². The van der Waals surface area contributed by atoms with Crippen LogP contribution in [0.2, 0.25) is 0 Å². The van der Waals surface area contributed by atoms with Crippen molar-refractivity contribution in [1.82, 2.24) is 10.6 Å². The maximum Gasteiger partial charge on any atom is 0.0374 e. The van der Waals surface area contributed by atoms with E-state index in [0.717, 1.165) is 6.54 Å². The third kappa shape index (κ3) is 2.88. The number of piperidine rings is 1. The van der Waals surface area contributed by atoms with Crippen molar-refractivity contribution in [3.05, 3.63) is 35.4 Å². The van der Waals surface area contributed by atoms with Crippen molar-refractivity contribution in [2.45, 2.75) is 38.1 Å². The second-order valence-electron chi connectivity index (χ2n) is 5.54. The molecule has 2 rings (SSSR count). The first-order valence-corrected chi connectivity index (χ1v) is 6.63. The zero-order valence-electron chi connectivity index (χ0n) is 11.2. The summed E-state index contributed by atoms with van der Waals surface area (Å²) in [6.45, 7) is 6.74. The average Bonchev–Trinajstić information content (AvgIpc) is 2.40. The molecule has 1 heterocycles. The summed E-state index contributed by atoms with van der Waals surface area (Å²) >= 11 is 0. The van der Waals surface area contributed by atoms with Crippen molar-refractivity contribution in [1.29, 1.82) is 0 Å². The maximum absolute atomic E-state index is 3.48. The molecule has 1 fully saturated rings. The van der Waals surface area contributed by atoms with Crippen LogP contribution in [0.1, 0.15) is 43.7 Å². The van der Waals surface area contributed by atoms with Crippen molar-refractivity contribution in [2.24, 2.45) is 0 Å². The minimum absolute atomic E-state index is 0.0589. The highest BCUT2D eigenvalue weighted by Crippen LogP contribution is 2.26. The predicted octanol–water partition coefficient (Wildman–Crippen LogP) is 2.61. The molecule has 2 heteroatoms.